The Hall–Kier alpha value is -1.13. The topological polar surface area (TPSA) is 37.8 Å². The van der Waals surface area contributed by atoms with Gasteiger partial charge >= 0.3 is 0 Å². The Morgan fingerprint density at radius 1 is 1.31 bits per heavy atom. The highest BCUT2D eigenvalue weighted by Gasteiger charge is 2.03. The van der Waals surface area contributed by atoms with Crippen molar-refractivity contribution < 1.29 is 0 Å². The lowest BCUT2D eigenvalue weighted by molar-refractivity contribution is 1.10. The molecule has 84 valence electrons. The van der Waals surface area contributed by atoms with Crippen LogP contribution in [0.15, 0.2) is 17.6 Å². The number of pyridine rings is 1. The fourth-order valence-corrected chi connectivity index (χ4v) is 2.30. The van der Waals surface area contributed by atoms with Crippen LogP contribution in [-0.4, -0.2) is 9.97 Å². The molecule has 0 spiro atoms. The Morgan fingerprint density at radius 2 is 2.12 bits per heavy atom. The van der Waals surface area contributed by atoms with E-state index in [-0.39, 0.29) is 0 Å². The minimum atomic E-state index is 0.525. The molecule has 0 aliphatic heterocycles. The standard InChI is InChI=1S/C11H12ClN3S/c1-7-9(3-4-11(12)15-7)13-5-10-8(2)14-6-16-10/h3-4,6,13H,5H2,1-2H3. The Bertz CT molecular complexity index is 496. The highest BCUT2D eigenvalue weighted by molar-refractivity contribution is 7.09. The Balaban J connectivity index is 2.08. The van der Waals surface area contributed by atoms with E-state index in [0.717, 1.165) is 23.6 Å². The molecule has 16 heavy (non-hydrogen) atoms. The minimum absolute atomic E-state index is 0.525. The zero-order valence-corrected chi connectivity index (χ0v) is 10.7. The second-order valence-corrected chi connectivity index (χ2v) is 4.81. The van der Waals surface area contributed by atoms with Crippen molar-refractivity contribution in [2.75, 3.05) is 5.32 Å². The van der Waals surface area contributed by atoms with E-state index in [2.05, 4.69) is 15.3 Å². The fraction of sp³-hybridized carbons (Fsp3) is 0.273. The molecule has 0 atom stereocenters. The quantitative estimate of drug-likeness (QED) is 0.852. The lowest BCUT2D eigenvalue weighted by atomic mass is 10.3. The van der Waals surface area contributed by atoms with Crippen molar-refractivity contribution in [3.63, 3.8) is 0 Å². The maximum absolute atomic E-state index is 5.80. The van der Waals surface area contributed by atoms with E-state index in [4.69, 9.17) is 11.6 Å². The number of aryl methyl sites for hydroxylation is 2. The van der Waals surface area contributed by atoms with Gasteiger partial charge in [0.25, 0.3) is 0 Å². The predicted octanol–water partition coefficient (Wildman–Crippen LogP) is 3.42. The third-order valence-electron chi connectivity index (χ3n) is 2.34. The summed E-state index contributed by atoms with van der Waals surface area (Å²) >= 11 is 7.45. The smallest absolute Gasteiger partial charge is 0.129 e. The van der Waals surface area contributed by atoms with Crippen LogP contribution in [0.2, 0.25) is 5.15 Å². The molecule has 5 heteroatoms. The first-order valence-electron chi connectivity index (χ1n) is 4.93. The number of nitrogens with zero attached hydrogens (tertiary/aromatic N) is 2. The Labute approximate surface area is 104 Å². The van der Waals surface area contributed by atoms with Gasteiger partial charge in [0.15, 0.2) is 0 Å². The number of aromatic nitrogens is 2. The molecule has 3 nitrogen and oxygen atoms in total. The molecule has 1 N–H and O–H groups in total. The van der Waals surface area contributed by atoms with E-state index in [9.17, 15) is 0 Å². The first-order chi connectivity index (χ1) is 7.66. The SMILES string of the molecule is Cc1nc(Cl)ccc1NCc1scnc1C. The van der Waals surface area contributed by atoms with Crippen molar-refractivity contribution in [3.05, 3.63) is 39.1 Å². The van der Waals surface area contributed by atoms with Gasteiger partial charge < -0.3 is 5.32 Å². The van der Waals surface area contributed by atoms with Gasteiger partial charge in [0.05, 0.1) is 29.1 Å². The summed E-state index contributed by atoms with van der Waals surface area (Å²) < 4.78 is 0. The van der Waals surface area contributed by atoms with Crippen LogP contribution in [0.3, 0.4) is 0 Å². The monoisotopic (exact) mass is 253 g/mol. The summed E-state index contributed by atoms with van der Waals surface area (Å²) in [7, 11) is 0. The van der Waals surface area contributed by atoms with Gasteiger partial charge in [-0.3, -0.25) is 0 Å². The summed E-state index contributed by atoms with van der Waals surface area (Å²) in [5, 5.41) is 3.86. The predicted molar refractivity (Wildman–Crippen MR) is 68.2 cm³/mol. The molecule has 0 saturated carbocycles. The van der Waals surface area contributed by atoms with E-state index in [0.29, 0.717) is 5.15 Å². The lowest BCUT2D eigenvalue weighted by Gasteiger charge is -2.08. The average molecular weight is 254 g/mol. The Morgan fingerprint density at radius 3 is 2.75 bits per heavy atom. The molecule has 0 fully saturated rings. The summed E-state index contributed by atoms with van der Waals surface area (Å²) in [5.74, 6) is 0. The van der Waals surface area contributed by atoms with Crippen LogP contribution in [0.4, 0.5) is 5.69 Å². The van der Waals surface area contributed by atoms with Crippen molar-refractivity contribution in [1.29, 1.82) is 0 Å². The summed E-state index contributed by atoms with van der Waals surface area (Å²) in [6.45, 7) is 4.73. The second-order valence-electron chi connectivity index (χ2n) is 3.48. The van der Waals surface area contributed by atoms with Gasteiger partial charge in [-0.25, -0.2) is 9.97 Å². The summed E-state index contributed by atoms with van der Waals surface area (Å²) in [6.07, 6.45) is 0. The molecule has 0 unspecified atom stereocenters. The van der Waals surface area contributed by atoms with Crippen LogP contribution in [0.5, 0.6) is 0 Å². The number of anilines is 1. The van der Waals surface area contributed by atoms with Crippen molar-refractivity contribution in [1.82, 2.24) is 9.97 Å². The van der Waals surface area contributed by atoms with Crippen LogP contribution in [-0.2, 0) is 6.54 Å². The minimum Gasteiger partial charge on any atom is -0.379 e. The van der Waals surface area contributed by atoms with Crippen LogP contribution >= 0.6 is 22.9 Å². The molecule has 2 rings (SSSR count). The third kappa shape index (κ3) is 2.51. The molecule has 0 aromatic carbocycles. The highest BCUT2D eigenvalue weighted by atomic mass is 35.5. The van der Waals surface area contributed by atoms with Gasteiger partial charge in [-0.1, -0.05) is 11.6 Å². The molecule has 0 saturated heterocycles. The van der Waals surface area contributed by atoms with Crippen LogP contribution in [0.1, 0.15) is 16.3 Å². The van der Waals surface area contributed by atoms with Crippen LogP contribution in [0.25, 0.3) is 0 Å². The van der Waals surface area contributed by atoms with E-state index in [1.54, 1.807) is 17.4 Å². The van der Waals surface area contributed by atoms with Gasteiger partial charge in [0.1, 0.15) is 5.15 Å². The van der Waals surface area contributed by atoms with Crippen molar-refractivity contribution in [2.45, 2.75) is 20.4 Å². The van der Waals surface area contributed by atoms with Gasteiger partial charge in [-0.15, -0.1) is 11.3 Å². The van der Waals surface area contributed by atoms with E-state index in [1.165, 1.54) is 4.88 Å². The molecule has 2 aromatic heterocycles. The van der Waals surface area contributed by atoms with Crippen LogP contribution < -0.4 is 5.32 Å². The lowest BCUT2D eigenvalue weighted by Crippen LogP contribution is -2.01. The Kier molecular flexibility index (Phi) is 3.41. The molecular formula is C11H12ClN3S. The molecule has 0 aliphatic carbocycles. The van der Waals surface area contributed by atoms with Gasteiger partial charge in [-0.05, 0) is 26.0 Å². The first kappa shape index (κ1) is 11.4. The van der Waals surface area contributed by atoms with E-state index >= 15 is 0 Å². The number of halogens is 1. The zero-order valence-electron chi connectivity index (χ0n) is 9.12. The van der Waals surface area contributed by atoms with Crippen molar-refractivity contribution in [2.24, 2.45) is 0 Å². The number of hydrogen-bond acceptors (Lipinski definition) is 4. The molecular weight excluding hydrogens is 242 g/mol. The maximum Gasteiger partial charge on any atom is 0.129 e. The number of hydrogen-bond donors (Lipinski definition) is 1. The molecule has 0 bridgehead atoms. The third-order valence-corrected chi connectivity index (χ3v) is 3.48. The van der Waals surface area contributed by atoms with Gasteiger partial charge in [0, 0.05) is 4.88 Å². The van der Waals surface area contributed by atoms with Gasteiger partial charge in [-0.2, -0.15) is 0 Å². The second kappa shape index (κ2) is 4.80. The van der Waals surface area contributed by atoms with Crippen LogP contribution in [0, 0.1) is 13.8 Å². The van der Waals surface area contributed by atoms with Crippen molar-refractivity contribution in [3.8, 4) is 0 Å². The molecule has 0 radical (unpaired) electrons. The summed E-state index contributed by atoms with van der Waals surface area (Å²) in [5.41, 5.74) is 4.86. The number of thiazole rings is 1. The molecule has 2 heterocycles. The number of nitrogens with one attached hydrogen (secondary N) is 1. The number of rotatable bonds is 3. The zero-order chi connectivity index (χ0) is 11.5. The van der Waals surface area contributed by atoms with Crippen molar-refractivity contribution >= 4 is 28.6 Å². The summed E-state index contributed by atoms with van der Waals surface area (Å²) in [6, 6.07) is 3.73. The van der Waals surface area contributed by atoms with E-state index < -0.39 is 0 Å². The van der Waals surface area contributed by atoms with E-state index in [1.807, 2.05) is 25.4 Å². The maximum atomic E-state index is 5.80. The molecule has 0 aliphatic rings. The van der Waals surface area contributed by atoms with Gasteiger partial charge in [0.2, 0.25) is 0 Å². The average Bonchev–Trinajstić information content (AvgIpc) is 2.63. The fourth-order valence-electron chi connectivity index (χ4n) is 1.39. The largest absolute Gasteiger partial charge is 0.379 e. The molecule has 2 aromatic rings. The first-order valence-corrected chi connectivity index (χ1v) is 6.18. The summed E-state index contributed by atoms with van der Waals surface area (Å²) in [4.78, 5) is 9.64. The normalized spacial score (nSPS) is 10.4. The molecule has 0 amide bonds. The highest BCUT2D eigenvalue weighted by Crippen LogP contribution is 2.18.